The van der Waals surface area contributed by atoms with Crippen molar-refractivity contribution in [2.24, 2.45) is 0 Å². The minimum absolute atomic E-state index is 0. The van der Waals surface area contributed by atoms with Crippen molar-refractivity contribution in [1.82, 2.24) is 4.98 Å². The van der Waals surface area contributed by atoms with E-state index >= 15 is 0 Å². The summed E-state index contributed by atoms with van der Waals surface area (Å²) in [4.78, 5) is 14.1. The van der Waals surface area contributed by atoms with Crippen LogP contribution >= 0.6 is 0 Å². The second-order valence-corrected chi connectivity index (χ2v) is 7.16. The van der Waals surface area contributed by atoms with Gasteiger partial charge in [0.1, 0.15) is 0 Å². The molecule has 4 rings (SSSR count). The molecular weight excluding hydrogens is 631 g/mol. The molecular formula is C23H16F6NO2Pt-. The maximum atomic E-state index is 14.0. The molecule has 178 valence electrons. The van der Waals surface area contributed by atoms with E-state index in [0.717, 1.165) is 18.2 Å². The van der Waals surface area contributed by atoms with E-state index in [2.05, 4.69) is 11.1 Å². The third-order valence-electron chi connectivity index (χ3n) is 4.95. The van der Waals surface area contributed by atoms with Gasteiger partial charge in [-0.1, -0.05) is 23.8 Å². The number of hydrogen-bond acceptors (Lipinski definition) is 3. The zero-order chi connectivity index (χ0) is 23.9. The number of halogens is 6. The number of pyridine rings is 1. The van der Waals surface area contributed by atoms with Crippen molar-refractivity contribution >= 4 is 16.6 Å². The number of carbonyl (C=O) groups excluding carboxylic acids is 1. The molecule has 1 aliphatic carbocycles. The van der Waals surface area contributed by atoms with Gasteiger partial charge in [-0.05, 0) is 41.9 Å². The Kier molecular flexibility index (Phi) is 7.48. The Morgan fingerprint density at radius 3 is 2.12 bits per heavy atom. The molecule has 0 amide bonds. The van der Waals surface area contributed by atoms with Gasteiger partial charge in [0.05, 0.1) is 5.76 Å². The minimum atomic E-state index is -5.59. The first-order valence-corrected chi connectivity index (χ1v) is 9.23. The van der Waals surface area contributed by atoms with Gasteiger partial charge in [-0.2, -0.15) is 26.3 Å². The van der Waals surface area contributed by atoms with Gasteiger partial charge in [0, 0.05) is 33.3 Å². The van der Waals surface area contributed by atoms with Crippen LogP contribution in [0.2, 0.25) is 0 Å². The third-order valence-corrected chi connectivity index (χ3v) is 4.95. The fraction of sp³-hybridized carbons (Fsp3) is 0.217. The van der Waals surface area contributed by atoms with E-state index in [-0.39, 0.29) is 54.6 Å². The van der Waals surface area contributed by atoms with Gasteiger partial charge in [-0.15, -0.1) is 29.8 Å². The fourth-order valence-corrected chi connectivity index (χ4v) is 3.89. The normalized spacial score (nSPS) is 14.5. The number of benzene rings is 2. The summed E-state index contributed by atoms with van der Waals surface area (Å²) in [7, 11) is 0. The van der Waals surface area contributed by atoms with Crippen LogP contribution in [-0.4, -0.2) is 28.2 Å². The fourth-order valence-electron chi connectivity index (χ4n) is 3.89. The molecule has 3 aromatic rings. The minimum Gasteiger partial charge on any atom is -0.512 e. The monoisotopic (exact) mass is 647 g/mol. The molecule has 0 fully saturated rings. The summed E-state index contributed by atoms with van der Waals surface area (Å²) in [5.41, 5.74) is -6.06. The van der Waals surface area contributed by atoms with Crippen LogP contribution in [-0.2, 0) is 31.3 Å². The molecule has 0 unspecified atom stereocenters. The zero-order valence-electron chi connectivity index (χ0n) is 17.1. The molecule has 1 aliphatic rings. The Labute approximate surface area is 199 Å². The summed E-state index contributed by atoms with van der Waals surface area (Å²) in [5, 5.41) is 8.49. The van der Waals surface area contributed by atoms with Crippen molar-refractivity contribution < 1.29 is 57.3 Å². The predicted octanol–water partition coefficient (Wildman–Crippen LogP) is 6.46. The number of nitrogens with zero attached hydrogens (tertiary/aromatic N) is 1. The third kappa shape index (κ3) is 4.43. The zero-order valence-corrected chi connectivity index (χ0v) is 19.4. The van der Waals surface area contributed by atoms with Crippen molar-refractivity contribution in [1.29, 1.82) is 0 Å². The number of aliphatic hydroxyl groups is 1. The molecule has 1 N–H and O–H groups in total. The van der Waals surface area contributed by atoms with Gasteiger partial charge in [-0.25, -0.2) is 0 Å². The molecule has 0 atom stereocenters. The van der Waals surface area contributed by atoms with E-state index in [1.54, 1.807) is 0 Å². The summed E-state index contributed by atoms with van der Waals surface area (Å²) in [5.74, 6) is -0.0625. The first kappa shape index (κ1) is 26.6. The van der Waals surface area contributed by atoms with Crippen LogP contribution < -0.4 is 0 Å². The number of ketones is 1. The molecule has 33 heavy (non-hydrogen) atoms. The largest absolute Gasteiger partial charge is 0.512 e. The molecule has 0 bridgehead atoms. The van der Waals surface area contributed by atoms with Crippen molar-refractivity contribution in [3.63, 3.8) is 0 Å². The van der Waals surface area contributed by atoms with Crippen molar-refractivity contribution in [3.8, 4) is 11.3 Å². The molecule has 1 aromatic heterocycles. The van der Waals surface area contributed by atoms with Crippen LogP contribution in [0.5, 0.6) is 0 Å². The summed E-state index contributed by atoms with van der Waals surface area (Å²) >= 11 is 0. The second kappa shape index (κ2) is 9.29. The van der Waals surface area contributed by atoms with E-state index < -0.39 is 28.9 Å². The molecule has 0 saturated carbocycles. The molecule has 0 saturated heterocycles. The van der Waals surface area contributed by atoms with E-state index in [1.165, 1.54) is 50.4 Å². The first-order valence-electron chi connectivity index (χ1n) is 9.23. The molecule has 0 aliphatic heterocycles. The van der Waals surface area contributed by atoms with E-state index in [1.807, 2.05) is 0 Å². The van der Waals surface area contributed by atoms with Gasteiger partial charge >= 0.3 is 12.4 Å². The maximum absolute atomic E-state index is 14.0. The molecule has 3 nitrogen and oxygen atoms in total. The molecule has 0 radical (unpaired) electrons. The SMILES string of the molecule is CC(=O)/C=C(/C)O.FC(F)(F)C1(C(F)(F)F)c2ccc[c-]c2-c2nccc3cccc1c23.[Pt]. The van der Waals surface area contributed by atoms with Gasteiger partial charge < -0.3 is 10.1 Å². The van der Waals surface area contributed by atoms with Gasteiger partial charge in [0.15, 0.2) is 11.2 Å². The van der Waals surface area contributed by atoms with Crippen LogP contribution in [0.3, 0.4) is 0 Å². The molecule has 2 aromatic carbocycles. The smallest absolute Gasteiger partial charge is 0.403 e. The van der Waals surface area contributed by atoms with Crippen molar-refractivity contribution in [3.05, 3.63) is 77.7 Å². The van der Waals surface area contributed by atoms with Gasteiger partial charge in [0.2, 0.25) is 0 Å². The number of rotatable bonds is 1. The Balaban J connectivity index is 0.000000423. The number of fused-ring (bicyclic) bond motifs is 2. The number of alkyl halides is 6. The Bertz CT molecular complexity index is 1190. The average molecular weight is 647 g/mol. The summed E-state index contributed by atoms with van der Waals surface area (Å²) in [6, 6.07) is 10.7. The number of aliphatic hydroxyl groups excluding tert-OH is 1. The Morgan fingerprint density at radius 2 is 1.61 bits per heavy atom. The Morgan fingerprint density at radius 1 is 1.00 bits per heavy atom. The van der Waals surface area contributed by atoms with Gasteiger partial charge in [0.25, 0.3) is 0 Å². The van der Waals surface area contributed by atoms with E-state index in [4.69, 9.17) is 5.11 Å². The topological polar surface area (TPSA) is 50.2 Å². The second-order valence-electron chi connectivity index (χ2n) is 7.16. The maximum Gasteiger partial charge on any atom is 0.403 e. The predicted molar refractivity (Wildman–Crippen MR) is 106 cm³/mol. The average Bonchev–Trinajstić information content (AvgIpc) is 2.66. The van der Waals surface area contributed by atoms with Crippen molar-refractivity contribution in [2.75, 3.05) is 0 Å². The molecule has 1 heterocycles. The summed E-state index contributed by atoms with van der Waals surface area (Å²) < 4.78 is 84.2. The summed E-state index contributed by atoms with van der Waals surface area (Å²) in [6.45, 7) is 2.85. The quantitative estimate of drug-likeness (QED) is 0.143. The Hall–Kier alpha value is -2.67. The van der Waals surface area contributed by atoms with E-state index in [0.29, 0.717) is 0 Å². The standard InChI is InChI=1S/C18H8F6N.C5H8O2.Pt/c19-17(20,21)16(18(22,23)24)12-6-2-1-5-11(12)15-14-10(8-9-25-15)4-3-7-13(14)16;1-4(6)3-5(2)7;/h1-4,6-9H;3,6H,1-2H3;/q-1;;/b;4-3-;. The number of carbonyl (C=O) groups is 1. The molecule has 10 heteroatoms. The number of allylic oxidation sites excluding steroid dienone is 2. The van der Waals surface area contributed by atoms with Crippen LogP contribution in [0.4, 0.5) is 26.3 Å². The van der Waals surface area contributed by atoms with Crippen LogP contribution in [0, 0.1) is 6.07 Å². The summed E-state index contributed by atoms with van der Waals surface area (Å²) in [6.07, 6.45) is -8.64. The van der Waals surface area contributed by atoms with E-state index in [9.17, 15) is 31.1 Å². The first-order chi connectivity index (χ1) is 14.8. The number of aromatic nitrogens is 1. The van der Waals surface area contributed by atoms with Crippen molar-refractivity contribution in [2.45, 2.75) is 31.6 Å². The number of hydrogen-bond donors (Lipinski definition) is 1. The van der Waals surface area contributed by atoms with Crippen LogP contribution in [0.15, 0.2) is 60.5 Å². The van der Waals surface area contributed by atoms with Crippen LogP contribution in [0.1, 0.15) is 25.0 Å². The van der Waals surface area contributed by atoms with Gasteiger partial charge in [-0.3, -0.25) is 4.79 Å². The molecule has 0 spiro atoms. The van der Waals surface area contributed by atoms with Crippen LogP contribution in [0.25, 0.3) is 22.0 Å².